The number of amides is 1. The Kier molecular flexibility index (Phi) is 3.15. The summed E-state index contributed by atoms with van der Waals surface area (Å²) in [7, 11) is 0. The van der Waals surface area contributed by atoms with Crippen molar-refractivity contribution in [3.63, 3.8) is 0 Å². The summed E-state index contributed by atoms with van der Waals surface area (Å²) in [6.45, 7) is 3.44. The predicted molar refractivity (Wildman–Crippen MR) is 63.3 cm³/mol. The summed E-state index contributed by atoms with van der Waals surface area (Å²) in [5, 5.41) is 9.60. The summed E-state index contributed by atoms with van der Waals surface area (Å²) < 4.78 is 13.1. The van der Waals surface area contributed by atoms with Crippen LogP contribution in [0.5, 0.6) is 0 Å². The number of aliphatic hydroxyl groups excluding tert-OH is 1. The molecular weight excluding hydrogens is 221 g/mol. The standard InChI is InChI=1S/C13H16FNO2/c1-8(9(2)16)15-12-5-4-11(14)7-10(12)3-6-13(15)17/h4-5,7-9,16H,3,6H2,1-2H3. The number of anilines is 1. The van der Waals surface area contributed by atoms with Crippen molar-refractivity contribution < 1.29 is 14.3 Å². The minimum atomic E-state index is -0.616. The van der Waals surface area contributed by atoms with E-state index in [2.05, 4.69) is 0 Å². The maximum absolute atomic E-state index is 13.1. The van der Waals surface area contributed by atoms with Crippen LogP contribution in [0.3, 0.4) is 0 Å². The Morgan fingerprint density at radius 3 is 2.71 bits per heavy atom. The number of hydrogen-bond acceptors (Lipinski definition) is 2. The van der Waals surface area contributed by atoms with Crippen LogP contribution in [0.4, 0.5) is 10.1 Å². The lowest BCUT2D eigenvalue weighted by Crippen LogP contribution is -2.46. The van der Waals surface area contributed by atoms with Gasteiger partial charge in [-0.2, -0.15) is 0 Å². The average Bonchev–Trinajstić information content (AvgIpc) is 2.28. The third-order valence-corrected chi connectivity index (χ3v) is 3.28. The van der Waals surface area contributed by atoms with E-state index in [0.717, 1.165) is 11.3 Å². The average molecular weight is 237 g/mol. The third-order valence-electron chi connectivity index (χ3n) is 3.28. The molecule has 2 rings (SSSR count). The molecule has 3 nitrogen and oxygen atoms in total. The van der Waals surface area contributed by atoms with E-state index in [0.29, 0.717) is 12.8 Å². The highest BCUT2D eigenvalue weighted by molar-refractivity contribution is 5.97. The topological polar surface area (TPSA) is 40.5 Å². The zero-order chi connectivity index (χ0) is 12.6. The molecule has 1 N–H and O–H groups in total. The molecule has 0 fully saturated rings. The van der Waals surface area contributed by atoms with Crippen LogP contribution in [0, 0.1) is 5.82 Å². The number of fused-ring (bicyclic) bond motifs is 1. The lowest BCUT2D eigenvalue weighted by Gasteiger charge is -2.35. The van der Waals surface area contributed by atoms with Crippen LogP contribution in [0.2, 0.25) is 0 Å². The van der Waals surface area contributed by atoms with Gasteiger partial charge in [0.15, 0.2) is 0 Å². The molecule has 1 aromatic carbocycles. The Labute approximate surface area is 99.9 Å². The molecule has 4 heteroatoms. The number of aliphatic hydroxyl groups is 1. The van der Waals surface area contributed by atoms with Gasteiger partial charge in [0.05, 0.1) is 12.1 Å². The molecule has 0 aromatic heterocycles. The van der Waals surface area contributed by atoms with Crippen LogP contribution < -0.4 is 4.90 Å². The number of nitrogens with zero attached hydrogens (tertiary/aromatic N) is 1. The van der Waals surface area contributed by atoms with Crippen LogP contribution in [0.15, 0.2) is 18.2 Å². The van der Waals surface area contributed by atoms with Crippen molar-refractivity contribution in [1.82, 2.24) is 0 Å². The molecule has 0 spiro atoms. The molecular formula is C13H16FNO2. The number of carbonyl (C=O) groups is 1. The SMILES string of the molecule is CC(O)C(C)N1C(=O)CCc2cc(F)ccc21. The van der Waals surface area contributed by atoms with Crippen LogP contribution in [-0.2, 0) is 11.2 Å². The summed E-state index contributed by atoms with van der Waals surface area (Å²) in [4.78, 5) is 13.5. The van der Waals surface area contributed by atoms with Crippen molar-refractivity contribution in [2.75, 3.05) is 4.90 Å². The van der Waals surface area contributed by atoms with Gasteiger partial charge in [-0.05, 0) is 44.0 Å². The zero-order valence-corrected chi connectivity index (χ0v) is 9.98. The molecule has 92 valence electrons. The van der Waals surface area contributed by atoms with Gasteiger partial charge in [-0.15, -0.1) is 0 Å². The molecule has 1 aliphatic rings. The Balaban J connectivity index is 2.43. The first-order valence-electron chi connectivity index (χ1n) is 5.79. The molecule has 1 aromatic rings. The Hall–Kier alpha value is -1.42. The molecule has 0 aliphatic carbocycles. The maximum atomic E-state index is 13.1. The molecule has 1 amide bonds. The minimum absolute atomic E-state index is 0.0162. The normalized spacial score (nSPS) is 18.8. The Morgan fingerprint density at radius 1 is 1.35 bits per heavy atom. The maximum Gasteiger partial charge on any atom is 0.227 e. The monoisotopic (exact) mass is 237 g/mol. The van der Waals surface area contributed by atoms with Gasteiger partial charge in [0.25, 0.3) is 0 Å². The van der Waals surface area contributed by atoms with E-state index >= 15 is 0 Å². The van der Waals surface area contributed by atoms with Gasteiger partial charge in [-0.3, -0.25) is 4.79 Å². The smallest absolute Gasteiger partial charge is 0.227 e. The Morgan fingerprint density at radius 2 is 2.06 bits per heavy atom. The van der Waals surface area contributed by atoms with Crippen molar-refractivity contribution in [2.45, 2.75) is 38.8 Å². The molecule has 1 aliphatic heterocycles. The summed E-state index contributed by atoms with van der Waals surface area (Å²) >= 11 is 0. The van der Waals surface area contributed by atoms with E-state index in [1.165, 1.54) is 12.1 Å². The lowest BCUT2D eigenvalue weighted by atomic mass is 9.98. The highest BCUT2D eigenvalue weighted by Gasteiger charge is 2.30. The van der Waals surface area contributed by atoms with Crippen LogP contribution >= 0.6 is 0 Å². The summed E-state index contributed by atoms with van der Waals surface area (Å²) in [5.74, 6) is -0.305. The van der Waals surface area contributed by atoms with E-state index in [9.17, 15) is 14.3 Å². The molecule has 0 saturated heterocycles. The summed E-state index contributed by atoms with van der Waals surface area (Å²) in [6, 6.07) is 4.12. The molecule has 2 unspecified atom stereocenters. The first kappa shape index (κ1) is 12.0. The third kappa shape index (κ3) is 2.17. The van der Waals surface area contributed by atoms with Gasteiger partial charge in [0.1, 0.15) is 5.82 Å². The van der Waals surface area contributed by atoms with Crippen molar-refractivity contribution in [2.24, 2.45) is 0 Å². The van der Waals surface area contributed by atoms with Gasteiger partial charge in [-0.25, -0.2) is 4.39 Å². The van der Waals surface area contributed by atoms with Crippen molar-refractivity contribution in [1.29, 1.82) is 0 Å². The number of hydrogen-bond donors (Lipinski definition) is 1. The van der Waals surface area contributed by atoms with E-state index in [-0.39, 0.29) is 17.8 Å². The zero-order valence-electron chi connectivity index (χ0n) is 9.98. The fraction of sp³-hybridized carbons (Fsp3) is 0.462. The number of aryl methyl sites for hydroxylation is 1. The molecule has 17 heavy (non-hydrogen) atoms. The number of benzene rings is 1. The van der Waals surface area contributed by atoms with Gasteiger partial charge in [0.2, 0.25) is 5.91 Å². The van der Waals surface area contributed by atoms with Gasteiger partial charge < -0.3 is 10.0 Å². The highest BCUT2D eigenvalue weighted by atomic mass is 19.1. The van der Waals surface area contributed by atoms with E-state index in [1.807, 2.05) is 0 Å². The van der Waals surface area contributed by atoms with Crippen molar-refractivity contribution in [3.05, 3.63) is 29.6 Å². The van der Waals surface area contributed by atoms with Crippen molar-refractivity contribution >= 4 is 11.6 Å². The summed E-state index contributed by atoms with van der Waals surface area (Å²) in [5.41, 5.74) is 1.55. The van der Waals surface area contributed by atoms with Crippen molar-refractivity contribution in [3.8, 4) is 0 Å². The van der Waals surface area contributed by atoms with Crippen LogP contribution in [0.25, 0.3) is 0 Å². The quantitative estimate of drug-likeness (QED) is 0.853. The molecule has 0 radical (unpaired) electrons. The number of halogens is 1. The second kappa shape index (κ2) is 4.45. The fourth-order valence-electron chi connectivity index (χ4n) is 2.15. The second-order valence-corrected chi connectivity index (χ2v) is 4.52. The molecule has 2 atom stereocenters. The second-order valence-electron chi connectivity index (χ2n) is 4.52. The van der Waals surface area contributed by atoms with E-state index in [4.69, 9.17) is 0 Å². The lowest BCUT2D eigenvalue weighted by molar-refractivity contribution is -0.119. The first-order chi connectivity index (χ1) is 8.00. The predicted octanol–water partition coefficient (Wildman–Crippen LogP) is 1.87. The van der Waals surface area contributed by atoms with Gasteiger partial charge in [0, 0.05) is 12.1 Å². The number of carbonyl (C=O) groups excluding carboxylic acids is 1. The first-order valence-corrected chi connectivity index (χ1v) is 5.79. The highest BCUT2D eigenvalue weighted by Crippen LogP contribution is 2.30. The minimum Gasteiger partial charge on any atom is -0.391 e. The van der Waals surface area contributed by atoms with E-state index in [1.54, 1.807) is 24.8 Å². The Bertz CT molecular complexity index is 445. The molecule has 1 heterocycles. The largest absolute Gasteiger partial charge is 0.391 e. The molecule has 0 bridgehead atoms. The molecule has 0 saturated carbocycles. The summed E-state index contributed by atoms with van der Waals surface area (Å²) in [6.07, 6.45) is 0.317. The van der Waals surface area contributed by atoms with Gasteiger partial charge in [-0.1, -0.05) is 0 Å². The van der Waals surface area contributed by atoms with E-state index < -0.39 is 6.10 Å². The fourth-order valence-corrected chi connectivity index (χ4v) is 2.15. The van der Waals surface area contributed by atoms with Crippen LogP contribution in [0.1, 0.15) is 25.8 Å². The van der Waals surface area contributed by atoms with Crippen LogP contribution in [-0.4, -0.2) is 23.2 Å². The van der Waals surface area contributed by atoms with Gasteiger partial charge >= 0.3 is 0 Å². The number of rotatable bonds is 2.